The summed E-state index contributed by atoms with van der Waals surface area (Å²) in [7, 11) is 1.62. The fourth-order valence-electron chi connectivity index (χ4n) is 3.47. The zero-order valence-corrected chi connectivity index (χ0v) is 15.1. The lowest BCUT2D eigenvalue weighted by Crippen LogP contribution is -2.49. The molecule has 7 heteroatoms. The van der Waals surface area contributed by atoms with Crippen LogP contribution in [0.4, 0.5) is 5.69 Å². The van der Waals surface area contributed by atoms with Crippen molar-refractivity contribution in [2.24, 2.45) is 0 Å². The Morgan fingerprint density at radius 1 is 1.15 bits per heavy atom. The summed E-state index contributed by atoms with van der Waals surface area (Å²) in [6.45, 7) is 2.80. The molecule has 2 heterocycles. The fourth-order valence-corrected chi connectivity index (χ4v) is 3.47. The monoisotopic (exact) mass is 367 g/mol. The summed E-state index contributed by atoms with van der Waals surface area (Å²) in [5.74, 6) is 0.398. The highest BCUT2D eigenvalue weighted by molar-refractivity contribution is 5.80. The van der Waals surface area contributed by atoms with Crippen LogP contribution in [0.25, 0.3) is 11.1 Å². The van der Waals surface area contributed by atoms with Gasteiger partial charge in [0.25, 0.3) is 0 Å². The van der Waals surface area contributed by atoms with Crippen LogP contribution in [-0.2, 0) is 11.2 Å². The van der Waals surface area contributed by atoms with Gasteiger partial charge in [-0.15, -0.1) is 0 Å². The molecule has 1 aliphatic heterocycles. The average molecular weight is 367 g/mol. The number of nitrogens with zero attached hydrogens (tertiary/aromatic N) is 2. The van der Waals surface area contributed by atoms with Crippen LogP contribution in [0.15, 0.2) is 51.7 Å². The second-order valence-electron chi connectivity index (χ2n) is 6.55. The number of H-pyrrole nitrogens is 1. The smallest absolute Gasteiger partial charge is 0.417 e. The van der Waals surface area contributed by atoms with Gasteiger partial charge in [0.15, 0.2) is 5.58 Å². The molecule has 1 amide bonds. The van der Waals surface area contributed by atoms with E-state index in [4.69, 9.17) is 9.15 Å². The molecule has 4 rings (SSSR count). The average Bonchev–Trinajstić information content (AvgIpc) is 3.07. The summed E-state index contributed by atoms with van der Waals surface area (Å²) >= 11 is 0. The summed E-state index contributed by atoms with van der Waals surface area (Å²) in [5, 5.41) is 0. The molecule has 0 saturated carbocycles. The maximum absolute atomic E-state index is 12.7. The van der Waals surface area contributed by atoms with Crippen molar-refractivity contribution >= 4 is 22.7 Å². The van der Waals surface area contributed by atoms with Crippen molar-refractivity contribution in [3.63, 3.8) is 0 Å². The van der Waals surface area contributed by atoms with Crippen LogP contribution < -0.4 is 15.4 Å². The van der Waals surface area contributed by atoms with Gasteiger partial charge in [-0.3, -0.25) is 9.78 Å². The highest BCUT2D eigenvalue weighted by Gasteiger charge is 2.22. The number of aromatic amines is 1. The number of carbonyl (C=O) groups excluding carboxylic acids is 1. The van der Waals surface area contributed by atoms with E-state index in [1.807, 2.05) is 41.3 Å². The molecule has 0 aliphatic carbocycles. The van der Waals surface area contributed by atoms with E-state index in [2.05, 4.69) is 9.88 Å². The minimum atomic E-state index is -0.450. The predicted octanol–water partition coefficient (Wildman–Crippen LogP) is 2.02. The van der Waals surface area contributed by atoms with Crippen LogP contribution in [0, 0.1) is 0 Å². The lowest BCUT2D eigenvalue weighted by molar-refractivity contribution is -0.130. The summed E-state index contributed by atoms with van der Waals surface area (Å²) in [5.41, 5.74) is 3.15. The fraction of sp³-hybridized carbons (Fsp3) is 0.300. The van der Waals surface area contributed by atoms with E-state index in [0.717, 1.165) is 30.1 Å². The van der Waals surface area contributed by atoms with E-state index in [1.165, 1.54) is 0 Å². The number of rotatable bonds is 4. The Morgan fingerprint density at radius 3 is 2.70 bits per heavy atom. The van der Waals surface area contributed by atoms with Crippen LogP contribution in [0.3, 0.4) is 0 Å². The first-order chi connectivity index (χ1) is 13.1. The number of nitrogens with one attached hydrogen (secondary N) is 1. The Kier molecular flexibility index (Phi) is 4.58. The van der Waals surface area contributed by atoms with Crippen LogP contribution in [0.1, 0.15) is 5.56 Å². The SMILES string of the molecule is COc1ccccc1CC(=O)N1CCN(c2ccc3oc(=O)[nH]c3c2)CC1. The Balaban J connectivity index is 1.40. The number of aromatic nitrogens is 1. The number of amides is 1. The number of anilines is 1. The summed E-state index contributed by atoms with van der Waals surface area (Å²) in [6.07, 6.45) is 0.340. The molecule has 0 spiro atoms. The molecule has 27 heavy (non-hydrogen) atoms. The van der Waals surface area contributed by atoms with Crippen LogP contribution >= 0.6 is 0 Å². The zero-order valence-electron chi connectivity index (χ0n) is 15.1. The molecule has 1 aromatic heterocycles. The molecule has 0 bridgehead atoms. The Hall–Kier alpha value is -3.22. The van der Waals surface area contributed by atoms with E-state index in [0.29, 0.717) is 30.6 Å². The van der Waals surface area contributed by atoms with Gasteiger partial charge >= 0.3 is 5.76 Å². The Bertz CT molecular complexity index is 1020. The number of ether oxygens (including phenoxy) is 1. The van der Waals surface area contributed by atoms with Gasteiger partial charge in [-0.1, -0.05) is 18.2 Å². The zero-order chi connectivity index (χ0) is 18.8. The van der Waals surface area contributed by atoms with Gasteiger partial charge in [-0.05, 0) is 24.3 Å². The molecule has 0 atom stereocenters. The lowest BCUT2D eigenvalue weighted by Gasteiger charge is -2.36. The number of para-hydroxylation sites is 1. The van der Waals surface area contributed by atoms with Crippen molar-refractivity contribution in [3.05, 3.63) is 58.6 Å². The lowest BCUT2D eigenvalue weighted by atomic mass is 10.1. The van der Waals surface area contributed by atoms with Gasteiger partial charge in [-0.25, -0.2) is 4.79 Å². The molecule has 2 aromatic carbocycles. The van der Waals surface area contributed by atoms with E-state index in [-0.39, 0.29) is 5.91 Å². The van der Waals surface area contributed by atoms with Crippen molar-refractivity contribution in [3.8, 4) is 5.75 Å². The van der Waals surface area contributed by atoms with Gasteiger partial charge in [-0.2, -0.15) is 0 Å². The largest absolute Gasteiger partial charge is 0.496 e. The predicted molar refractivity (Wildman–Crippen MR) is 102 cm³/mol. The number of oxazole rings is 1. The maximum atomic E-state index is 12.7. The van der Waals surface area contributed by atoms with Gasteiger partial charge in [0.1, 0.15) is 5.75 Å². The number of methoxy groups -OCH3 is 1. The topological polar surface area (TPSA) is 78.8 Å². The quantitative estimate of drug-likeness (QED) is 0.763. The number of fused-ring (bicyclic) bond motifs is 1. The first kappa shape index (κ1) is 17.2. The van der Waals surface area contributed by atoms with Crippen LogP contribution in [0.2, 0.25) is 0 Å². The van der Waals surface area contributed by atoms with Crippen molar-refractivity contribution in [1.82, 2.24) is 9.88 Å². The summed E-state index contributed by atoms with van der Waals surface area (Å²) < 4.78 is 10.4. The molecule has 140 valence electrons. The molecule has 1 aliphatic rings. The first-order valence-corrected chi connectivity index (χ1v) is 8.91. The second kappa shape index (κ2) is 7.19. The van der Waals surface area contributed by atoms with Gasteiger partial charge in [0.05, 0.1) is 19.0 Å². The third kappa shape index (κ3) is 3.53. The minimum absolute atomic E-state index is 0.105. The van der Waals surface area contributed by atoms with Crippen molar-refractivity contribution < 1.29 is 13.9 Å². The Morgan fingerprint density at radius 2 is 1.93 bits per heavy atom. The molecule has 3 aromatic rings. The Labute approximate surface area is 156 Å². The summed E-state index contributed by atoms with van der Waals surface area (Å²) in [4.78, 5) is 30.7. The summed E-state index contributed by atoms with van der Waals surface area (Å²) in [6, 6.07) is 13.2. The van der Waals surface area contributed by atoms with Crippen LogP contribution in [0.5, 0.6) is 5.75 Å². The van der Waals surface area contributed by atoms with E-state index in [9.17, 15) is 9.59 Å². The van der Waals surface area contributed by atoms with Gasteiger partial charge in [0, 0.05) is 37.4 Å². The van der Waals surface area contributed by atoms with E-state index < -0.39 is 5.76 Å². The van der Waals surface area contributed by atoms with E-state index in [1.54, 1.807) is 13.2 Å². The van der Waals surface area contributed by atoms with Crippen LogP contribution in [-0.4, -0.2) is 49.1 Å². The number of hydrogen-bond acceptors (Lipinski definition) is 5. The third-order valence-corrected chi connectivity index (χ3v) is 4.93. The van der Waals surface area contributed by atoms with Gasteiger partial charge < -0.3 is 19.0 Å². The normalized spacial score (nSPS) is 14.6. The molecule has 0 unspecified atom stereocenters. The maximum Gasteiger partial charge on any atom is 0.417 e. The standard InChI is InChI=1S/C20H21N3O4/c1-26-17-5-3-2-4-14(17)12-19(24)23-10-8-22(9-11-23)15-6-7-18-16(13-15)21-20(25)27-18/h2-7,13H,8-12H2,1H3,(H,21,25). The molecular weight excluding hydrogens is 346 g/mol. The second-order valence-corrected chi connectivity index (χ2v) is 6.55. The molecule has 1 saturated heterocycles. The molecule has 1 N–H and O–H groups in total. The van der Waals surface area contributed by atoms with E-state index >= 15 is 0 Å². The van der Waals surface area contributed by atoms with Crippen molar-refractivity contribution in [2.45, 2.75) is 6.42 Å². The first-order valence-electron chi connectivity index (χ1n) is 8.91. The number of benzene rings is 2. The molecular formula is C20H21N3O4. The molecule has 7 nitrogen and oxygen atoms in total. The highest BCUT2D eigenvalue weighted by Crippen LogP contribution is 2.22. The van der Waals surface area contributed by atoms with Crippen molar-refractivity contribution in [2.75, 3.05) is 38.2 Å². The highest BCUT2D eigenvalue weighted by atomic mass is 16.5. The minimum Gasteiger partial charge on any atom is -0.496 e. The van der Waals surface area contributed by atoms with Crippen molar-refractivity contribution in [1.29, 1.82) is 0 Å². The molecule has 0 radical (unpaired) electrons. The van der Waals surface area contributed by atoms with Gasteiger partial charge in [0.2, 0.25) is 5.91 Å². The third-order valence-electron chi connectivity index (χ3n) is 4.93. The number of carbonyl (C=O) groups is 1. The number of hydrogen-bond donors (Lipinski definition) is 1. The molecule has 1 fully saturated rings. The number of piperazine rings is 1.